The quantitative estimate of drug-likeness (QED) is 0.719. The van der Waals surface area contributed by atoms with Gasteiger partial charge in [0.15, 0.2) is 0 Å². The van der Waals surface area contributed by atoms with Gasteiger partial charge in [-0.05, 0) is 61.6 Å². The van der Waals surface area contributed by atoms with E-state index in [4.69, 9.17) is 4.74 Å². The normalized spacial score (nSPS) is 18.7. The fraction of sp³-hybridized carbons (Fsp3) is 0.316. The maximum Gasteiger partial charge on any atom is 0.252 e. The number of hydrogen-bond acceptors (Lipinski definition) is 2. The van der Waals surface area contributed by atoms with Crippen LogP contribution in [0.1, 0.15) is 47.8 Å². The Hall–Kier alpha value is -1.56. The molecule has 0 bridgehead atoms. The van der Waals surface area contributed by atoms with Crippen molar-refractivity contribution in [1.82, 2.24) is 5.32 Å². The summed E-state index contributed by atoms with van der Waals surface area (Å²) in [6.07, 6.45) is 0.748. The Kier molecular flexibility index (Phi) is 4.36. The molecule has 0 radical (unpaired) electrons. The first-order chi connectivity index (χ1) is 10.9. The first-order valence-corrected chi connectivity index (χ1v) is 8.78. The van der Waals surface area contributed by atoms with E-state index in [1.807, 2.05) is 49.4 Å². The highest BCUT2D eigenvalue weighted by Crippen LogP contribution is 2.39. The zero-order chi connectivity index (χ0) is 16.6. The molecule has 1 amide bonds. The molecular formula is C19H20INO2. The summed E-state index contributed by atoms with van der Waals surface area (Å²) in [4.78, 5) is 12.7. The lowest BCUT2D eigenvalue weighted by molar-refractivity contribution is 0.0619. The number of halogens is 1. The minimum Gasteiger partial charge on any atom is -0.487 e. The molecule has 1 aliphatic rings. The van der Waals surface area contributed by atoms with E-state index in [1.165, 1.54) is 0 Å². The second-order valence-electron chi connectivity index (χ2n) is 6.61. The van der Waals surface area contributed by atoms with E-state index >= 15 is 0 Å². The van der Waals surface area contributed by atoms with Crippen LogP contribution in [0.2, 0.25) is 0 Å². The summed E-state index contributed by atoms with van der Waals surface area (Å²) in [5, 5.41) is 3.18. The fourth-order valence-corrected chi connectivity index (χ4v) is 3.89. The molecule has 0 fully saturated rings. The number of nitrogens with one attached hydrogen (secondary N) is 1. The van der Waals surface area contributed by atoms with Crippen LogP contribution in [0.25, 0.3) is 0 Å². The topological polar surface area (TPSA) is 38.3 Å². The van der Waals surface area contributed by atoms with Gasteiger partial charge in [0.25, 0.3) is 5.91 Å². The van der Waals surface area contributed by atoms with Crippen molar-refractivity contribution in [1.29, 1.82) is 0 Å². The van der Waals surface area contributed by atoms with E-state index in [-0.39, 0.29) is 17.6 Å². The zero-order valence-electron chi connectivity index (χ0n) is 13.5. The number of carbonyl (C=O) groups excluding carboxylic acids is 1. The number of rotatable bonds is 2. The van der Waals surface area contributed by atoms with Crippen molar-refractivity contribution in [2.75, 3.05) is 0 Å². The third kappa shape index (κ3) is 3.52. The molecule has 23 heavy (non-hydrogen) atoms. The molecule has 0 aliphatic carbocycles. The molecule has 0 aromatic heterocycles. The summed E-state index contributed by atoms with van der Waals surface area (Å²) in [5.74, 6) is 0.819. The molecule has 0 unspecified atom stereocenters. The largest absolute Gasteiger partial charge is 0.487 e. The summed E-state index contributed by atoms with van der Waals surface area (Å²) in [6.45, 7) is 6.14. The van der Waals surface area contributed by atoms with Crippen molar-refractivity contribution in [3.05, 3.63) is 62.7 Å². The molecule has 2 aromatic rings. The van der Waals surface area contributed by atoms with Gasteiger partial charge in [0.1, 0.15) is 11.4 Å². The molecule has 0 spiro atoms. The number of hydrogen-bond donors (Lipinski definition) is 1. The average Bonchev–Trinajstić information content (AvgIpc) is 2.45. The number of carbonyl (C=O) groups is 1. The summed E-state index contributed by atoms with van der Waals surface area (Å²) in [6, 6.07) is 13.8. The van der Waals surface area contributed by atoms with Gasteiger partial charge in [0.05, 0.1) is 11.6 Å². The first kappa shape index (κ1) is 16.3. The molecule has 0 saturated heterocycles. The van der Waals surface area contributed by atoms with Crippen LogP contribution in [0.5, 0.6) is 5.75 Å². The van der Waals surface area contributed by atoms with Crippen LogP contribution < -0.4 is 10.1 Å². The second-order valence-corrected chi connectivity index (χ2v) is 7.78. The molecule has 1 N–H and O–H groups in total. The summed E-state index contributed by atoms with van der Waals surface area (Å²) >= 11 is 2.22. The minimum absolute atomic E-state index is 0.0353. The van der Waals surface area contributed by atoms with Gasteiger partial charge >= 0.3 is 0 Å². The Bertz CT molecular complexity index is 755. The molecule has 3 nitrogen and oxygen atoms in total. The molecule has 2 aromatic carbocycles. The van der Waals surface area contributed by atoms with Gasteiger partial charge in [-0.3, -0.25) is 4.79 Å². The van der Waals surface area contributed by atoms with E-state index in [9.17, 15) is 4.79 Å². The van der Waals surface area contributed by atoms with Gasteiger partial charge in [0.2, 0.25) is 0 Å². The predicted octanol–water partition coefficient (Wildman–Crippen LogP) is 4.63. The SMILES string of the molecule is Cc1ccc(C(=O)N[C@H]2CC(C)(C)Oc3ccccc32)c(I)c1. The highest BCUT2D eigenvalue weighted by Gasteiger charge is 2.34. The third-order valence-corrected chi connectivity index (χ3v) is 4.94. The predicted molar refractivity (Wildman–Crippen MR) is 99.9 cm³/mol. The van der Waals surface area contributed by atoms with Crippen LogP contribution in [0, 0.1) is 10.5 Å². The van der Waals surface area contributed by atoms with Crippen LogP contribution >= 0.6 is 22.6 Å². The van der Waals surface area contributed by atoms with E-state index in [1.54, 1.807) is 0 Å². The molecule has 1 aliphatic heterocycles. The summed E-state index contributed by atoms with van der Waals surface area (Å²) in [7, 11) is 0. The second kappa shape index (κ2) is 6.15. The van der Waals surface area contributed by atoms with Crippen molar-refractivity contribution in [3.8, 4) is 5.75 Å². The number of benzene rings is 2. The summed E-state index contributed by atoms with van der Waals surface area (Å²) in [5.41, 5.74) is 2.62. The van der Waals surface area contributed by atoms with Gasteiger partial charge in [0, 0.05) is 15.6 Å². The lowest BCUT2D eigenvalue weighted by atomic mass is 9.89. The molecule has 0 saturated carbocycles. The van der Waals surface area contributed by atoms with Crippen molar-refractivity contribution in [2.24, 2.45) is 0 Å². The van der Waals surface area contributed by atoms with E-state index in [0.29, 0.717) is 0 Å². The Morgan fingerprint density at radius 1 is 1.26 bits per heavy atom. The van der Waals surface area contributed by atoms with Crippen molar-refractivity contribution >= 4 is 28.5 Å². The van der Waals surface area contributed by atoms with Crippen LogP contribution in [-0.4, -0.2) is 11.5 Å². The van der Waals surface area contributed by atoms with Crippen molar-refractivity contribution < 1.29 is 9.53 Å². The molecule has 4 heteroatoms. The smallest absolute Gasteiger partial charge is 0.252 e. The van der Waals surface area contributed by atoms with Crippen molar-refractivity contribution in [2.45, 2.75) is 38.8 Å². The minimum atomic E-state index is -0.299. The Balaban J connectivity index is 1.88. The van der Waals surface area contributed by atoms with Gasteiger partial charge < -0.3 is 10.1 Å². The number of fused-ring (bicyclic) bond motifs is 1. The van der Waals surface area contributed by atoms with Crippen LogP contribution in [0.3, 0.4) is 0 Å². The number of para-hydroxylation sites is 1. The molecule has 1 atom stereocenters. The van der Waals surface area contributed by atoms with E-state index in [0.717, 1.165) is 32.4 Å². The van der Waals surface area contributed by atoms with Gasteiger partial charge in [-0.1, -0.05) is 29.8 Å². The third-order valence-electron chi connectivity index (χ3n) is 4.05. The molecule has 1 heterocycles. The van der Waals surface area contributed by atoms with Gasteiger partial charge in [-0.15, -0.1) is 0 Å². The number of ether oxygens (including phenoxy) is 1. The maximum atomic E-state index is 12.7. The van der Waals surface area contributed by atoms with Crippen molar-refractivity contribution in [3.63, 3.8) is 0 Å². The average molecular weight is 421 g/mol. The fourth-order valence-electron chi connectivity index (χ4n) is 2.97. The monoisotopic (exact) mass is 421 g/mol. The number of amides is 1. The lowest BCUT2D eigenvalue weighted by Crippen LogP contribution is -2.41. The summed E-state index contributed by atoms with van der Waals surface area (Å²) < 4.78 is 7.00. The van der Waals surface area contributed by atoms with Crippen LogP contribution in [-0.2, 0) is 0 Å². The zero-order valence-corrected chi connectivity index (χ0v) is 15.7. The van der Waals surface area contributed by atoms with Gasteiger partial charge in [-0.2, -0.15) is 0 Å². The van der Waals surface area contributed by atoms with Gasteiger partial charge in [-0.25, -0.2) is 0 Å². The first-order valence-electron chi connectivity index (χ1n) is 7.71. The lowest BCUT2D eigenvalue weighted by Gasteiger charge is -2.37. The standard InChI is InChI=1S/C19H20INO2/c1-12-8-9-13(15(20)10-12)18(22)21-16-11-19(2,3)23-17-7-5-4-6-14(16)17/h4-10,16H,11H2,1-3H3,(H,21,22)/t16-/m0/s1. The molecular weight excluding hydrogens is 401 g/mol. The van der Waals surface area contributed by atoms with Crippen LogP contribution in [0.4, 0.5) is 0 Å². The van der Waals surface area contributed by atoms with Crippen LogP contribution in [0.15, 0.2) is 42.5 Å². The maximum absolute atomic E-state index is 12.7. The number of aryl methyl sites for hydroxylation is 1. The molecule has 120 valence electrons. The Labute approximate surface area is 150 Å². The highest BCUT2D eigenvalue weighted by atomic mass is 127. The molecule has 3 rings (SSSR count). The Morgan fingerprint density at radius 3 is 2.74 bits per heavy atom. The highest BCUT2D eigenvalue weighted by molar-refractivity contribution is 14.1. The Morgan fingerprint density at radius 2 is 2.00 bits per heavy atom. The van der Waals surface area contributed by atoms with E-state index in [2.05, 4.69) is 41.8 Å². The van der Waals surface area contributed by atoms with E-state index < -0.39 is 0 Å².